The van der Waals surface area contributed by atoms with Crippen molar-refractivity contribution >= 4 is 16.7 Å². The number of nitrogens with zero attached hydrogens (tertiary/aromatic N) is 2. The van der Waals surface area contributed by atoms with Crippen molar-refractivity contribution in [3.63, 3.8) is 0 Å². The number of ether oxygens (including phenoxy) is 1. The molecule has 1 amide bonds. The Morgan fingerprint density at radius 2 is 1.88 bits per heavy atom. The van der Waals surface area contributed by atoms with Gasteiger partial charge in [-0.05, 0) is 63.8 Å². The van der Waals surface area contributed by atoms with Crippen molar-refractivity contribution in [2.24, 2.45) is 0 Å². The topological polar surface area (TPSA) is 108 Å². The number of aromatic amines is 1. The van der Waals surface area contributed by atoms with Crippen LogP contribution in [0.5, 0.6) is 5.75 Å². The van der Waals surface area contributed by atoms with Crippen LogP contribution in [0.1, 0.15) is 67.1 Å². The number of aromatic nitrogens is 2. The lowest BCUT2D eigenvalue weighted by atomic mass is 9.82. The lowest BCUT2D eigenvalue weighted by Crippen LogP contribution is -2.37. The number of hydrogen-bond donors (Lipinski definition) is 2. The first-order valence-corrected chi connectivity index (χ1v) is 10.9. The Hall–Kier alpha value is -3.66. The summed E-state index contributed by atoms with van der Waals surface area (Å²) < 4.78 is 5.63. The number of carbonyl (C=O) groups is 1. The van der Waals surface area contributed by atoms with Gasteiger partial charge in [0.15, 0.2) is 0 Å². The highest BCUT2D eigenvalue weighted by Gasteiger charge is 2.26. The Morgan fingerprint density at radius 1 is 1.16 bits per heavy atom. The van der Waals surface area contributed by atoms with Crippen LogP contribution in [0.15, 0.2) is 47.3 Å². The Bertz CT molecular complexity index is 1230. The second-order valence-corrected chi connectivity index (χ2v) is 8.49. The summed E-state index contributed by atoms with van der Waals surface area (Å²) in [6.07, 6.45) is 3.35. The van der Waals surface area contributed by atoms with Gasteiger partial charge in [0.1, 0.15) is 11.8 Å². The van der Waals surface area contributed by atoms with Gasteiger partial charge in [-0.2, -0.15) is 10.4 Å². The molecule has 0 radical (unpaired) electrons. The molecule has 2 N–H and O–H groups in total. The summed E-state index contributed by atoms with van der Waals surface area (Å²) in [6.45, 7) is 3.78. The first-order valence-electron chi connectivity index (χ1n) is 10.9. The molecule has 2 aromatic carbocycles. The molecule has 7 heteroatoms. The molecule has 1 aromatic heterocycles. The maximum Gasteiger partial charge on any atom is 0.272 e. The number of carbonyl (C=O) groups excluding carboxylic acids is 1. The van der Waals surface area contributed by atoms with Crippen LogP contribution in [0.4, 0.5) is 0 Å². The van der Waals surface area contributed by atoms with E-state index in [9.17, 15) is 14.9 Å². The second kappa shape index (κ2) is 9.23. The molecule has 1 saturated carbocycles. The lowest BCUT2D eigenvalue weighted by Gasteiger charge is -2.29. The largest absolute Gasteiger partial charge is 0.490 e. The summed E-state index contributed by atoms with van der Waals surface area (Å²) >= 11 is 0. The zero-order valence-electron chi connectivity index (χ0n) is 18.2. The normalized spacial score (nSPS) is 18.3. The minimum Gasteiger partial charge on any atom is -0.490 e. The van der Waals surface area contributed by atoms with E-state index in [1.807, 2.05) is 38.1 Å². The summed E-state index contributed by atoms with van der Waals surface area (Å²) in [5.41, 5.74) is 1.55. The van der Waals surface area contributed by atoms with Crippen LogP contribution < -0.4 is 15.6 Å². The molecule has 0 aliphatic heterocycles. The molecule has 0 unspecified atom stereocenters. The van der Waals surface area contributed by atoms with Crippen molar-refractivity contribution in [2.75, 3.05) is 0 Å². The summed E-state index contributed by atoms with van der Waals surface area (Å²) in [4.78, 5) is 24.8. The monoisotopic (exact) mass is 430 g/mol. The number of hydrogen-bond acceptors (Lipinski definition) is 5. The van der Waals surface area contributed by atoms with Gasteiger partial charge in [0, 0.05) is 22.9 Å². The third kappa shape index (κ3) is 4.50. The molecule has 1 aliphatic rings. The van der Waals surface area contributed by atoms with E-state index in [2.05, 4.69) is 21.6 Å². The molecule has 0 spiro atoms. The van der Waals surface area contributed by atoms with Gasteiger partial charge in [-0.3, -0.25) is 9.59 Å². The fourth-order valence-corrected chi connectivity index (χ4v) is 4.34. The molecular formula is C25H26N4O3. The SMILES string of the molecule is CC(C)Oc1ccc(C(=O)NC2CCC(c3n[nH]c(=O)c4ccccc34)CC2)cc1C#N. The maximum absolute atomic E-state index is 12.8. The minimum atomic E-state index is -0.186. The van der Waals surface area contributed by atoms with Gasteiger partial charge >= 0.3 is 0 Å². The van der Waals surface area contributed by atoms with Crippen molar-refractivity contribution in [1.82, 2.24) is 15.5 Å². The number of H-pyrrole nitrogens is 1. The van der Waals surface area contributed by atoms with Gasteiger partial charge < -0.3 is 10.1 Å². The molecule has 1 heterocycles. The summed E-state index contributed by atoms with van der Waals surface area (Å²) in [5.74, 6) is 0.538. The Morgan fingerprint density at radius 3 is 2.56 bits per heavy atom. The number of nitriles is 1. The van der Waals surface area contributed by atoms with Gasteiger partial charge in [-0.1, -0.05) is 18.2 Å². The highest BCUT2D eigenvalue weighted by molar-refractivity contribution is 5.95. The zero-order chi connectivity index (χ0) is 22.7. The maximum atomic E-state index is 12.8. The van der Waals surface area contributed by atoms with Gasteiger partial charge in [0.2, 0.25) is 0 Å². The molecule has 0 bridgehead atoms. The van der Waals surface area contributed by atoms with Gasteiger partial charge in [0.05, 0.1) is 22.7 Å². The number of fused-ring (bicyclic) bond motifs is 1. The number of rotatable bonds is 5. The van der Waals surface area contributed by atoms with Crippen LogP contribution >= 0.6 is 0 Å². The van der Waals surface area contributed by atoms with E-state index >= 15 is 0 Å². The van der Waals surface area contributed by atoms with Crippen LogP contribution in [0.3, 0.4) is 0 Å². The van der Waals surface area contributed by atoms with E-state index in [-0.39, 0.29) is 29.5 Å². The standard InChI is InChI=1S/C25H26N4O3/c1-15(2)32-22-12-9-17(13-18(22)14-26)24(30)27-19-10-7-16(8-11-19)23-20-5-3-4-6-21(20)25(31)29-28-23/h3-6,9,12-13,15-16,19H,7-8,10-11H2,1-2H3,(H,27,30)(H,29,31). The summed E-state index contributed by atoms with van der Waals surface area (Å²) in [5, 5.41) is 21.0. The predicted molar refractivity (Wildman–Crippen MR) is 122 cm³/mol. The molecule has 0 atom stereocenters. The van der Waals surface area contributed by atoms with E-state index in [1.54, 1.807) is 18.2 Å². The van der Waals surface area contributed by atoms with Crippen molar-refractivity contribution in [3.05, 3.63) is 69.6 Å². The highest BCUT2D eigenvalue weighted by Crippen LogP contribution is 2.34. The quantitative estimate of drug-likeness (QED) is 0.635. The Labute approximate surface area is 186 Å². The fraction of sp³-hybridized carbons (Fsp3) is 0.360. The van der Waals surface area contributed by atoms with Crippen LogP contribution in [0.2, 0.25) is 0 Å². The van der Waals surface area contributed by atoms with E-state index in [0.29, 0.717) is 22.3 Å². The molecule has 164 valence electrons. The van der Waals surface area contributed by atoms with Gasteiger partial charge in [-0.25, -0.2) is 5.10 Å². The predicted octanol–water partition coefficient (Wildman–Crippen LogP) is 4.04. The minimum absolute atomic E-state index is 0.0500. The van der Waals surface area contributed by atoms with Crippen LogP contribution in [-0.2, 0) is 0 Å². The highest BCUT2D eigenvalue weighted by atomic mass is 16.5. The Balaban J connectivity index is 1.42. The average molecular weight is 431 g/mol. The fourth-order valence-electron chi connectivity index (χ4n) is 4.34. The van der Waals surface area contributed by atoms with Crippen molar-refractivity contribution in [2.45, 2.75) is 57.6 Å². The number of amides is 1. The van der Waals surface area contributed by atoms with E-state index in [4.69, 9.17) is 4.74 Å². The van der Waals surface area contributed by atoms with Gasteiger partial charge in [0.25, 0.3) is 11.5 Å². The van der Waals surface area contributed by atoms with E-state index < -0.39 is 0 Å². The lowest BCUT2D eigenvalue weighted by molar-refractivity contribution is 0.0925. The molecule has 7 nitrogen and oxygen atoms in total. The van der Waals surface area contributed by atoms with Crippen molar-refractivity contribution in [3.8, 4) is 11.8 Å². The van der Waals surface area contributed by atoms with Crippen LogP contribution in [0, 0.1) is 11.3 Å². The van der Waals surface area contributed by atoms with Crippen LogP contribution in [-0.4, -0.2) is 28.3 Å². The molecule has 32 heavy (non-hydrogen) atoms. The Kier molecular flexibility index (Phi) is 6.22. The van der Waals surface area contributed by atoms with Crippen molar-refractivity contribution < 1.29 is 9.53 Å². The molecular weight excluding hydrogens is 404 g/mol. The van der Waals surface area contributed by atoms with E-state index in [0.717, 1.165) is 36.8 Å². The molecule has 0 saturated heterocycles. The molecule has 1 fully saturated rings. The first-order chi connectivity index (χ1) is 15.5. The third-order valence-electron chi connectivity index (χ3n) is 5.90. The van der Waals surface area contributed by atoms with E-state index in [1.165, 1.54) is 0 Å². The molecule has 1 aliphatic carbocycles. The molecule has 3 aromatic rings. The van der Waals surface area contributed by atoms with Crippen LogP contribution in [0.25, 0.3) is 10.8 Å². The average Bonchev–Trinajstić information content (AvgIpc) is 2.80. The molecule has 4 rings (SSSR count). The van der Waals surface area contributed by atoms with Crippen molar-refractivity contribution in [1.29, 1.82) is 5.26 Å². The summed E-state index contributed by atoms with van der Waals surface area (Å²) in [7, 11) is 0. The second-order valence-electron chi connectivity index (χ2n) is 8.49. The first kappa shape index (κ1) is 21.6. The number of nitrogens with one attached hydrogen (secondary N) is 2. The smallest absolute Gasteiger partial charge is 0.272 e. The number of benzene rings is 2. The van der Waals surface area contributed by atoms with Gasteiger partial charge in [-0.15, -0.1) is 0 Å². The zero-order valence-corrected chi connectivity index (χ0v) is 18.2. The summed E-state index contributed by atoms with van der Waals surface area (Å²) in [6, 6.07) is 14.7. The third-order valence-corrected chi connectivity index (χ3v) is 5.90.